The topological polar surface area (TPSA) is 41.9 Å². The lowest BCUT2D eigenvalue weighted by atomic mass is 10.1. The molecule has 1 aromatic carbocycles. The van der Waals surface area contributed by atoms with E-state index in [4.69, 9.17) is 9.47 Å². The number of likely N-dealkylation sites (tertiary alicyclic amines) is 1. The summed E-state index contributed by atoms with van der Waals surface area (Å²) in [5, 5.41) is 9.48. The van der Waals surface area contributed by atoms with Gasteiger partial charge in [-0.15, -0.1) is 0 Å². The average Bonchev–Trinajstić information content (AvgIpc) is 2.41. The molecule has 1 N–H and O–H groups in total. The van der Waals surface area contributed by atoms with Gasteiger partial charge in [0.05, 0.1) is 6.10 Å². The third-order valence-corrected chi connectivity index (χ3v) is 3.59. The fourth-order valence-corrected chi connectivity index (χ4v) is 2.54. The van der Waals surface area contributed by atoms with Crippen molar-refractivity contribution in [3.63, 3.8) is 0 Å². The van der Waals surface area contributed by atoms with Gasteiger partial charge < -0.3 is 14.6 Å². The minimum Gasteiger partial charge on any atom is -0.486 e. The maximum Gasteiger partial charge on any atom is 0.161 e. The first-order valence-electron chi connectivity index (χ1n) is 6.60. The molecule has 2 aliphatic rings. The molecule has 0 spiro atoms. The Bertz CT molecular complexity index is 402. The van der Waals surface area contributed by atoms with Gasteiger partial charge in [-0.1, -0.05) is 12.1 Å². The number of hydrogen-bond donors (Lipinski definition) is 1. The number of rotatable bonds is 2. The lowest BCUT2D eigenvalue weighted by molar-refractivity contribution is 0.0301. The Hall–Kier alpha value is -1.26. The number of para-hydroxylation sites is 2. The second kappa shape index (κ2) is 5.16. The van der Waals surface area contributed by atoms with Crippen LogP contribution in [-0.4, -0.2) is 48.5 Å². The number of nitrogens with zero attached hydrogens (tertiary/aromatic N) is 1. The van der Waals surface area contributed by atoms with E-state index in [1.54, 1.807) is 0 Å². The minimum atomic E-state index is -0.120. The van der Waals surface area contributed by atoms with Crippen molar-refractivity contribution in [2.45, 2.75) is 25.0 Å². The second-order valence-electron chi connectivity index (χ2n) is 5.03. The van der Waals surface area contributed by atoms with Gasteiger partial charge in [-0.25, -0.2) is 0 Å². The Morgan fingerprint density at radius 2 is 1.89 bits per heavy atom. The van der Waals surface area contributed by atoms with E-state index in [0.29, 0.717) is 6.61 Å². The Balaban J connectivity index is 1.56. The summed E-state index contributed by atoms with van der Waals surface area (Å²) >= 11 is 0. The van der Waals surface area contributed by atoms with Crippen LogP contribution in [0.4, 0.5) is 0 Å². The number of fused-ring (bicyclic) bond motifs is 1. The molecule has 0 radical (unpaired) electrons. The van der Waals surface area contributed by atoms with Gasteiger partial charge in [-0.05, 0) is 25.0 Å². The largest absolute Gasteiger partial charge is 0.486 e. The summed E-state index contributed by atoms with van der Waals surface area (Å²) in [6.07, 6.45) is 1.70. The average molecular weight is 249 g/mol. The first kappa shape index (κ1) is 11.8. The molecule has 98 valence electrons. The van der Waals surface area contributed by atoms with Crippen LogP contribution in [0.5, 0.6) is 11.5 Å². The second-order valence-corrected chi connectivity index (χ2v) is 5.03. The quantitative estimate of drug-likeness (QED) is 0.857. The number of aliphatic hydroxyl groups excluding tert-OH is 1. The van der Waals surface area contributed by atoms with Crippen molar-refractivity contribution >= 4 is 0 Å². The van der Waals surface area contributed by atoms with Gasteiger partial charge in [0.1, 0.15) is 12.7 Å². The Labute approximate surface area is 107 Å². The van der Waals surface area contributed by atoms with Crippen molar-refractivity contribution in [1.29, 1.82) is 0 Å². The van der Waals surface area contributed by atoms with Crippen molar-refractivity contribution in [2.75, 3.05) is 26.2 Å². The van der Waals surface area contributed by atoms with Crippen LogP contribution in [0, 0.1) is 0 Å². The van der Waals surface area contributed by atoms with E-state index in [1.807, 2.05) is 24.3 Å². The molecule has 1 aromatic rings. The lowest BCUT2D eigenvalue weighted by Crippen LogP contribution is -2.45. The number of aliphatic hydroxyl groups is 1. The fraction of sp³-hybridized carbons (Fsp3) is 0.571. The summed E-state index contributed by atoms with van der Waals surface area (Å²) in [7, 11) is 0. The van der Waals surface area contributed by atoms with Crippen molar-refractivity contribution in [1.82, 2.24) is 4.90 Å². The molecule has 0 bridgehead atoms. The molecule has 0 amide bonds. The summed E-state index contributed by atoms with van der Waals surface area (Å²) in [6, 6.07) is 7.79. The van der Waals surface area contributed by atoms with Gasteiger partial charge in [-0.3, -0.25) is 4.90 Å². The monoisotopic (exact) mass is 249 g/mol. The van der Waals surface area contributed by atoms with Crippen molar-refractivity contribution < 1.29 is 14.6 Å². The molecule has 1 atom stereocenters. The highest BCUT2D eigenvalue weighted by molar-refractivity contribution is 5.40. The Morgan fingerprint density at radius 3 is 2.67 bits per heavy atom. The molecule has 0 aliphatic carbocycles. The van der Waals surface area contributed by atoms with Crippen LogP contribution in [-0.2, 0) is 0 Å². The van der Waals surface area contributed by atoms with Gasteiger partial charge in [0.2, 0.25) is 0 Å². The van der Waals surface area contributed by atoms with Crippen molar-refractivity contribution in [3.8, 4) is 11.5 Å². The molecule has 2 heterocycles. The third-order valence-electron chi connectivity index (χ3n) is 3.59. The van der Waals surface area contributed by atoms with Crippen LogP contribution in [0.2, 0.25) is 0 Å². The van der Waals surface area contributed by atoms with Gasteiger partial charge in [-0.2, -0.15) is 0 Å². The zero-order chi connectivity index (χ0) is 12.4. The van der Waals surface area contributed by atoms with Gasteiger partial charge in [0, 0.05) is 19.6 Å². The van der Waals surface area contributed by atoms with Crippen molar-refractivity contribution in [3.05, 3.63) is 24.3 Å². The number of benzene rings is 1. The molecule has 1 fully saturated rings. The Morgan fingerprint density at radius 1 is 1.17 bits per heavy atom. The van der Waals surface area contributed by atoms with E-state index in [2.05, 4.69) is 4.90 Å². The standard InChI is InChI=1S/C14H19NO3/c16-11-5-7-15(8-6-11)9-12-10-17-13-3-1-2-4-14(13)18-12/h1-4,11-12,16H,5-10H2/t12-/m1/s1. The van der Waals surface area contributed by atoms with Gasteiger partial charge >= 0.3 is 0 Å². The van der Waals surface area contributed by atoms with Gasteiger partial charge in [0.25, 0.3) is 0 Å². The molecule has 1 saturated heterocycles. The highest BCUT2D eigenvalue weighted by atomic mass is 16.6. The maximum atomic E-state index is 9.48. The predicted octanol–water partition coefficient (Wildman–Crippen LogP) is 1.28. The van der Waals surface area contributed by atoms with Gasteiger partial charge in [0.15, 0.2) is 11.5 Å². The number of ether oxygens (including phenoxy) is 2. The van der Waals surface area contributed by atoms with Crippen LogP contribution in [0.3, 0.4) is 0 Å². The fourth-order valence-electron chi connectivity index (χ4n) is 2.54. The first-order valence-corrected chi connectivity index (χ1v) is 6.60. The number of piperidine rings is 1. The third kappa shape index (κ3) is 2.60. The zero-order valence-corrected chi connectivity index (χ0v) is 10.4. The van der Waals surface area contributed by atoms with E-state index in [1.165, 1.54) is 0 Å². The molecule has 4 nitrogen and oxygen atoms in total. The molecule has 0 aromatic heterocycles. The number of hydrogen-bond acceptors (Lipinski definition) is 4. The molecule has 3 rings (SSSR count). The predicted molar refractivity (Wildman–Crippen MR) is 68.0 cm³/mol. The van der Waals surface area contributed by atoms with Crippen LogP contribution in [0.1, 0.15) is 12.8 Å². The molecule has 4 heteroatoms. The maximum absolute atomic E-state index is 9.48. The van der Waals surface area contributed by atoms with Crippen LogP contribution in [0.15, 0.2) is 24.3 Å². The molecule has 0 saturated carbocycles. The van der Waals surface area contributed by atoms with Crippen LogP contribution >= 0.6 is 0 Å². The SMILES string of the molecule is OC1CCN(C[C@@H]2COc3ccccc3O2)CC1. The molecular weight excluding hydrogens is 230 g/mol. The first-order chi connectivity index (χ1) is 8.81. The summed E-state index contributed by atoms with van der Waals surface area (Å²) in [5.74, 6) is 1.67. The zero-order valence-electron chi connectivity index (χ0n) is 10.4. The smallest absolute Gasteiger partial charge is 0.161 e. The molecular formula is C14H19NO3. The summed E-state index contributed by atoms with van der Waals surface area (Å²) in [6.45, 7) is 3.38. The van der Waals surface area contributed by atoms with E-state index < -0.39 is 0 Å². The minimum absolute atomic E-state index is 0.0927. The lowest BCUT2D eigenvalue weighted by Gasteiger charge is -2.34. The summed E-state index contributed by atoms with van der Waals surface area (Å²) < 4.78 is 11.6. The Kier molecular flexibility index (Phi) is 3.39. The normalized spacial score (nSPS) is 25.1. The van der Waals surface area contributed by atoms with E-state index in [-0.39, 0.29) is 12.2 Å². The summed E-state index contributed by atoms with van der Waals surface area (Å²) in [4.78, 5) is 2.34. The van der Waals surface area contributed by atoms with Crippen LogP contribution < -0.4 is 9.47 Å². The van der Waals surface area contributed by atoms with Crippen LogP contribution in [0.25, 0.3) is 0 Å². The molecule has 0 unspecified atom stereocenters. The van der Waals surface area contributed by atoms with Crippen molar-refractivity contribution in [2.24, 2.45) is 0 Å². The highest BCUT2D eigenvalue weighted by Crippen LogP contribution is 2.31. The van der Waals surface area contributed by atoms with E-state index in [0.717, 1.165) is 44.0 Å². The molecule has 18 heavy (non-hydrogen) atoms. The highest BCUT2D eigenvalue weighted by Gasteiger charge is 2.25. The van der Waals surface area contributed by atoms with E-state index in [9.17, 15) is 5.11 Å². The molecule has 2 aliphatic heterocycles. The van der Waals surface area contributed by atoms with E-state index >= 15 is 0 Å². The summed E-state index contributed by atoms with van der Waals surface area (Å²) in [5.41, 5.74) is 0.